The maximum atomic E-state index is 9.55. The minimum Gasteiger partial charge on any atom is -0.307 e. The summed E-state index contributed by atoms with van der Waals surface area (Å²) in [6.07, 6.45) is 17.5. The van der Waals surface area contributed by atoms with Gasteiger partial charge in [-0.3, -0.25) is 5.32 Å². The SMILES string of the molecule is N#CC1C=C(C2=CCCCC2C2C=C(N3c4ccccc4N(c4ccccc4)c4ccccc43)C=CC2)CCN1. The Bertz CT molecular complexity index is 1520. The summed E-state index contributed by atoms with van der Waals surface area (Å²) < 4.78 is 0. The number of nitrogens with one attached hydrogen (secondary N) is 1. The molecule has 4 aliphatic rings. The van der Waals surface area contributed by atoms with Gasteiger partial charge in [-0.2, -0.15) is 5.26 Å². The van der Waals surface area contributed by atoms with Crippen LogP contribution in [0, 0.1) is 23.2 Å². The second-order valence-electron chi connectivity index (χ2n) is 11.1. The molecule has 0 radical (unpaired) electrons. The number of allylic oxidation sites excluding steroid dienone is 5. The summed E-state index contributed by atoms with van der Waals surface area (Å²) in [6.45, 7) is 0.874. The van der Waals surface area contributed by atoms with Crippen LogP contribution in [0.4, 0.5) is 28.4 Å². The average Bonchev–Trinajstić information content (AvgIpc) is 3.04. The van der Waals surface area contributed by atoms with Gasteiger partial charge in [-0.15, -0.1) is 0 Å². The first-order valence-electron chi connectivity index (χ1n) is 14.6. The van der Waals surface area contributed by atoms with Crippen LogP contribution in [0.1, 0.15) is 32.1 Å². The average molecular weight is 523 g/mol. The lowest BCUT2D eigenvalue weighted by Crippen LogP contribution is -2.33. The number of benzene rings is 3. The first-order chi connectivity index (χ1) is 19.8. The second-order valence-corrected chi connectivity index (χ2v) is 11.1. The van der Waals surface area contributed by atoms with Crippen LogP contribution in [0.25, 0.3) is 0 Å². The monoisotopic (exact) mass is 522 g/mol. The number of hydrogen-bond acceptors (Lipinski definition) is 4. The van der Waals surface area contributed by atoms with Crippen LogP contribution in [-0.4, -0.2) is 12.6 Å². The molecule has 3 aromatic rings. The Labute approximate surface area is 237 Å². The Balaban J connectivity index is 1.29. The predicted molar refractivity (Wildman–Crippen MR) is 164 cm³/mol. The van der Waals surface area contributed by atoms with E-state index in [2.05, 4.69) is 130 Å². The van der Waals surface area contributed by atoms with Crippen molar-refractivity contribution in [1.29, 1.82) is 5.26 Å². The molecule has 0 spiro atoms. The standard InChI is InChI=1S/C36H34N4/c37-25-28-23-27(21-22-38-28)32-16-5-4-15-31(32)26-11-10-14-30(24-26)40-35-19-8-6-17-33(35)39(29-12-2-1-3-13-29)34-18-7-9-20-36(34)40/h1-3,6-10,12-14,16-20,23-24,26,28,31,38H,4-5,11,15,21-22H2. The van der Waals surface area contributed by atoms with Crippen molar-refractivity contribution in [2.24, 2.45) is 11.8 Å². The molecule has 0 saturated heterocycles. The number of anilines is 5. The van der Waals surface area contributed by atoms with E-state index in [1.165, 1.54) is 52.4 Å². The highest BCUT2D eigenvalue weighted by atomic mass is 15.3. The Morgan fingerprint density at radius 2 is 1.48 bits per heavy atom. The minimum absolute atomic E-state index is 0.182. The number of hydrogen-bond donors (Lipinski definition) is 1. The van der Waals surface area contributed by atoms with E-state index in [1.54, 1.807) is 0 Å². The number of para-hydroxylation sites is 5. The van der Waals surface area contributed by atoms with Crippen LogP contribution >= 0.6 is 0 Å². The summed E-state index contributed by atoms with van der Waals surface area (Å²) in [4.78, 5) is 4.83. The third kappa shape index (κ3) is 4.37. The summed E-state index contributed by atoms with van der Waals surface area (Å²) in [5.41, 5.74) is 10.0. The Morgan fingerprint density at radius 3 is 2.17 bits per heavy atom. The molecule has 3 aromatic carbocycles. The van der Waals surface area contributed by atoms with E-state index in [9.17, 15) is 5.26 Å². The van der Waals surface area contributed by atoms with Gasteiger partial charge in [0, 0.05) is 17.9 Å². The summed E-state index contributed by atoms with van der Waals surface area (Å²) in [5, 5.41) is 12.9. The smallest absolute Gasteiger partial charge is 0.114 e. The van der Waals surface area contributed by atoms with E-state index in [4.69, 9.17) is 0 Å². The first kappa shape index (κ1) is 24.7. The zero-order valence-electron chi connectivity index (χ0n) is 22.7. The summed E-state index contributed by atoms with van der Waals surface area (Å²) in [7, 11) is 0. The highest BCUT2D eigenvalue weighted by Crippen LogP contribution is 2.53. The van der Waals surface area contributed by atoms with E-state index in [0.717, 1.165) is 31.5 Å². The van der Waals surface area contributed by atoms with Crippen LogP contribution in [0.5, 0.6) is 0 Å². The molecule has 0 aromatic heterocycles. The fraction of sp³-hybridized carbons (Fsp3) is 0.250. The fourth-order valence-corrected chi connectivity index (χ4v) is 6.94. The molecule has 4 heteroatoms. The van der Waals surface area contributed by atoms with Gasteiger partial charge in [0.05, 0.1) is 28.8 Å². The molecular formula is C36H34N4. The molecule has 0 amide bonds. The molecule has 2 aliphatic carbocycles. The molecule has 40 heavy (non-hydrogen) atoms. The van der Waals surface area contributed by atoms with Gasteiger partial charge in [0.25, 0.3) is 0 Å². The van der Waals surface area contributed by atoms with Gasteiger partial charge in [-0.1, -0.05) is 60.7 Å². The molecule has 4 nitrogen and oxygen atoms in total. The third-order valence-electron chi connectivity index (χ3n) is 8.72. The predicted octanol–water partition coefficient (Wildman–Crippen LogP) is 8.61. The number of rotatable bonds is 4. The maximum Gasteiger partial charge on any atom is 0.114 e. The first-order valence-corrected chi connectivity index (χ1v) is 14.6. The lowest BCUT2D eigenvalue weighted by Gasteiger charge is -2.42. The molecule has 0 bridgehead atoms. The largest absolute Gasteiger partial charge is 0.307 e. The zero-order chi connectivity index (χ0) is 26.9. The number of nitriles is 1. The normalized spacial score (nSPS) is 23.8. The van der Waals surface area contributed by atoms with Crippen molar-refractivity contribution in [3.63, 3.8) is 0 Å². The van der Waals surface area contributed by atoms with Crippen molar-refractivity contribution in [1.82, 2.24) is 5.32 Å². The van der Waals surface area contributed by atoms with Crippen LogP contribution in [0.3, 0.4) is 0 Å². The van der Waals surface area contributed by atoms with Crippen molar-refractivity contribution in [3.05, 3.63) is 126 Å². The van der Waals surface area contributed by atoms with Crippen molar-refractivity contribution in [2.75, 3.05) is 16.3 Å². The van der Waals surface area contributed by atoms with E-state index >= 15 is 0 Å². The molecule has 0 fully saturated rings. The van der Waals surface area contributed by atoms with Crippen LogP contribution < -0.4 is 15.1 Å². The van der Waals surface area contributed by atoms with E-state index < -0.39 is 0 Å². The molecule has 3 unspecified atom stereocenters. The van der Waals surface area contributed by atoms with Crippen molar-refractivity contribution in [3.8, 4) is 6.07 Å². The quantitative estimate of drug-likeness (QED) is 0.372. The van der Waals surface area contributed by atoms with Crippen molar-refractivity contribution in [2.45, 2.75) is 38.1 Å². The van der Waals surface area contributed by atoms with Gasteiger partial charge in [0.2, 0.25) is 0 Å². The van der Waals surface area contributed by atoms with Gasteiger partial charge in [-0.05, 0) is 104 Å². The summed E-state index contributed by atoms with van der Waals surface area (Å²) in [6, 6.07) is 30.4. The number of fused-ring (bicyclic) bond motifs is 2. The highest BCUT2D eigenvalue weighted by Gasteiger charge is 2.34. The lowest BCUT2D eigenvalue weighted by molar-refractivity contribution is 0.397. The van der Waals surface area contributed by atoms with Crippen LogP contribution in [-0.2, 0) is 0 Å². The second kappa shape index (κ2) is 10.7. The summed E-state index contributed by atoms with van der Waals surface area (Å²) >= 11 is 0. The number of nitrogens with zero attached hydrogens (tertiary/aromatic N) is 3. The highest BCUT2D eigenvalue weighted by molar-refractivity contribution is 5.99. The molecule has 0 saturated carbocycles. The Kier molecular flexibility index (Phi) is 6.59. The van der Waals surface area contributed by atoms with Gasteiger partial charge >= 0.3 is 0 Å². The van der Waals surface area contributed by atoms with Crippen molar-refractivity contribution >= 4 is 28.4 Å². The van der Waals surface area contributed by atoms with E-state index in [0.29, 0.717) is 11.8 Å². The van der Waals surface area contributed by atoms with Gasteiger partial charge in [0.15, 0.2) is 0 Å². The van der Waals surface area contributed by atoms with Crippen LogP contribution in [0.2, 0.25) is 0 Å². The Morgan fingerprint density at radius 1 is 0.800 bits per heavy atom. The maximum absolute atomic E-state index is 9.55. The van der Waals surface area contributed by atoms with Gasteiger partial charge < -0.3 is 9.80 Å². The van der Waals surface area contributed by atoms with E-state index in [1.807, 2.05) is 0 Å². The molecule has 2 heterocycles. The molecule has 198 valence electrons. The Hall–Kier alpha value is -4.33. The van der Waals surface area contributed by atoms with Crippen LogP contribution in [0.15, 0.2) is 126 Å². The molecule has 7 rings (SSSR count). The molecule has 1 N–H and O–H groups in total. The fourth-order valence-electron chi connectivity index (χ4n) is 6.94. The molecule has 2 aliphatic heterocycles. The third-order valence-corrected chi connectivity index (χ3v) is 8.72. The minimum atomic E-state index is -0.182. The van der Waals surface area contributed by atoms with Gasteiger partial charge in [-0.25, -0.2) is 0 Å². The van der Waals surface area contributed by atoms with Gasteiger partial charge in [0.1, 0.15) is 6.04 Å². The lowest BCUT2D eigenvalue weighted by atomic mass is 9.72. The van der Waals surface area contributed by atoms with Crippen molar-refractivity contribution < 1.29 is 0 Å². The molecule has 3 atom stereocenters. The molecular weight excluding hydrogens is 488 g/mol. The summed E-state index contributed by atoms with van der Waals surface area (Å²) in [5.74, 6) is 0.905. The van der Waals surface area contributed by atoms with E-state index in [-0.39, 0.29) is 6.04 Å². The zero-order valence-corrected chi connectivity index (χ0v) is 22.7. The topological polar surface area (TPSA) is 42.3 Å².